The molecule has 0 radical (unpaired) electrons. The van der Waals surface area contributed by atoms with Gasteiger partial charge in [0.25, 0.3) is 5.69 Å². The van der Waals surface area contributed by atoms with Gasteiger partial charge in [-0.05, 0) is 29.8 Å². The number of nitrogens with two attached hydrogens (primary N) is 2. The number of hydrogen-bond donors (Lipinski definition) is 4. The Labute approximate surface area is 169 Å². The fraction of sp³-hybridized carbons (Fsp3) is 0.0625. The minimum atomic E-state index is -0.866. The van der Waals surface area contributed by atoms with Crippen LogP contribution in [0, 0.1) is 15.5 Å². The van der Waals surface area contributed by atoms with Crippen LogP contribution in [0.25, 0.3) is 0 Å². The second kappa shape index (κ2) is 9.87. The molecule has 0 unspecified atom stereocenters. The van der Waals surface area contributed by atoms with E-state index in [9.17, 15) is 14.9 Å². The predicted octanol–water partition coefficient (Wildman–Crippen LogP) is 1.47. The average Bonchev–Trinajstić information content (AvgIpc) is 2.70. The van der Waals surface area contributed by atoms with Gasteiger partial charge in [-0.25, -0.2) is 9.63 Å². The third-order valence-corrected chi connectivity index (χ3v) is 3.49. The summed E-state index contributed by atoms with van der Waals surface area (Å²) >= 11 is 5.80. The lowest BCUT2D eigenvalue weighted by Crippen LogP contribution is -2.40. The monoisotopic (exact) mass is 421 g/mol. The number of guanidine groups is 2. The van der Waals surface area contributed by atoms with Gasteiger partial charge >= 0.3 is 5.97 Å². The largest absolute Gasteiger partial charge is 0.367 e. The molecule has 0 saturated heterocycles. The molecule has 13 heteroatoms. The first-order valence-corrected chi connectivity index (χ1v) is 8.21. The van der Waals surface area contributed by atoms with Gasteiger partial charge in [0.2, 0.25) is 11.9 Å². The lowest BCUT2D eigenvalue weighted by molar-refractivity contribution is -0.384. The summed E-state index contributed by atoms with van der Waals surface area (Å²) in [5, 5.41) is 22.9. The van der Waals surface area contributed by atoms with Crippen LogP contribution in [-0.4, -0.2) is 28.0 Å². The molecule has 2 aromatic rings. The molecule has 0 fully saturated rings. The number of nitrogens with zero attached hydrogens (tertiary/aromatic N) is 3. The van der Waals surface area contributed by atoms with E-state index in [1.165, 1.54) is 12.1 Å². The summed E-state index contributed by atoms with van der Waals surface area (Å²) in [5.74, 6) is -1.88. The number of carbonyl (C=O) groups excluding carboxylic acids is 1. The zero-order chi connectivity index (χ0) is 21.4. The Morgan fingerprint density at radius 1 is 1.21 bits per heavy atom. The number of nitrogens with one attached hydrogen (secondary N) is 2. The van der Waals surface area contributed by atoms with Gasteiger partial charge in [0.05, 0.1) is 10.5 Å². The smallest absolute Gasteiger partial charge is 0.362 e. The van der Waals surface area contributed by atoms with Crippen LogP contribution in [0.3, 0.4) is 0 Å². The summed E-state index contributed by atoms with van der Waals surface area (Å²) in [6.45, 7) is 0.0100. The van der Waals surface area contributed by atoms with E-state index in [2.05, 4.69) is 10.6 Å². The maximum Gasteiger partial charge on any atom is 0.362 e. The van der Waals surface area contributed by atoms with Crippen molar-refractivity contribution in [2.45, 2.75) is 6.61 Å². The van der Waals surface area contributed by atoms with Gasteiger partial charge in [0.15, 0.2) is 0 Å². The van der Waals surface area contributed by atoms with E-state index in [4.69, 9.17) is 38.2 Å². The van der Waals surface area contributed by atoms with Crippen LogP contribution in [0.2, 0.25) is 5.02 Å². The molecule has 12 nitrogen and oxygen atoms in total. The highest BCUT2D eigenvalue weighted by molar-refractivity contribution is 6.30. The molecule has 29 heavy (non-hydrogen) atoms. The van der Waals surface area contributed by atoms with Crippen molar-refractivity contribution >= 4 is 35.2 Å². The van der Waals surface area contributed by atoms with Crippen molar-refractivity contribution < 1.29 is 19.4 Å². The quantitative estimate of drug-likeness (QED) is 0.232. The lowest BCUT2D eigenvalue weighted by atomic mass is 10.2. The first-order valence-electron chi connectivity index (χ1n) is 7.83. The number of hydrazone groups is 1. The Hall–Kier alpha value is -3.90. The number of hydrogen-bond acceptors (Lipinski definition) is 7. The molecular formula is C16H16ClN7O5. The van der Waals surface area contributed by atoms with Crippen molar-refractivity contribution in [1.29, 1.82) is 5.41 Å². The Kier molecular flexibility index (Phi) is 7.28. The summed E-state index contributed by atoms with van der Waals surface area (Å²) in [6, 6.07) is 11.5. The summed E-state index contributed by atoms with van der Waals surface area (Å²) in [7, 11) is 0. The van der Waals surface area contributed by atoms with Gasteiger partial charge in [-0.2, -0.15) is 5.48 Å². The van der Waals surface area contributed by atoms with E-state index in [0.717, 1.165) is 17.7 Å². The van der Waals surface area contributed by atoms with Gasteiger partial charge in [-0.15, -0.1) is 5.10 Å². The number of nitro groups is 1. The average molecular weight is 422 g/mol. The number of nitro benzene ring substituents is 1. The number of halogens is 1. The molecule has 2 rings (SSSR count). The summed E-state index contributed by atoms with van der Waals surface area (Å²) in [5.41, 5.74) is 13.6. The number of rotatable bonds is 6. The molecular weight excluding hydrogens is 406 g/mol. The molecule has 152 valence electrons. The van der Waals surface area contributed by atoms with Crippen molar-refractivity contribution in [3.05, 3.63) is 74.8 Å². The Morgan fingerprint density at radius 3 is 2.38 bits per heavy atom. The van der Waals surface area contributed by atoms with Crippen LogP contribution >= 0.6 is 11.6 Å². The maximum atomic E-state index is 11.9. The topological polar surface area (TPSA) is 182 Å². The minimum absolute atomic E-state index is 0.0100. The minimum Gasteiger partial charge on any atom is -0.367 e. The van der Waals surface area contributed by atoms with Crippen LogP contribution in [0.4, 0.5) is 5.69 Å². The highest BCUT2D eigenvalue weighted by Gasteiger charge is 2.13. The van der Waals surface area contributed by atoms with E-state index in [1.54, 1.807) is 24.3 Å². The summed E-state index contributed by atoms with van der Waals surface area (Å²) < 4.78 is 0. The highest BCUT2D eigenvalue weighted by Crippen LogP contribution is 2.12. The Morgan fingerprint density at radius 2 is 1.83 bits per heavy atom. The van der Waals surface area contributed by atoms with Crippen LogP contribution in [0.15, 0.2) is 53.6 Å². The second-order valence-electron chi connectivity index (χ2n) is 5.34. The summed E-state index contributed by atoms with van der Waals surface area (Å²) in [4.78, 5) is 31.9. The highest BCUT2D eigenvalue weighted by atomic mass is 35.5. The molecule has 0 heterocycles. The third kappa shape index (κ3) is 6.64. The van der Waals surface area contributed by atoms with Crippen molar-refractivity contribution in [1.82, 2.24) is 10.7 Å². The molecule has 0 aliphatic rings. The normalized spacial score (nSPS) is 10.9. The van der Waals surface area contributed by atoms with E-state index < -0.39 is 22.8 Å². The number of carbonyl (C=O) groups is 1. The molecule has 0 bridgehead atoms. The van der Waals surface area contributed by atoms with Gasteiger partial charge in [0, 0.05) is 17.2 Å². The SMILES string of the molecule is N=C(N)N(N=C(N)NOC(=O)c1ccc([N+](=O)[O-])cc1)OCc1ccc(Cl)cc1. The molecule has 0 aliphatic heterocycles. The molecule has 2 aromatic carbocycles. The molecule has 0 aromatic heterocycles. The summed E-state index contributed by atoms with van der Waals surface area (Å²) in [6.07, 6.45) is 0. The Bertz CT molecular complexity index is 918. The van der Waals surface area contributed by atoms with E-state index in [0.29, 0.717) is 10.2 Å². The molecule has 0 atom stereocenters. The molecule has 0 spiro atoms. The molecule has 0 saturated carbocycles. The van der Waals surface area contributed by atoms with Gasteiger partial charge in [-0.3, -0.25) is 15.5 Å². The van der Waals surface area contributed by atoms with Crippen LogP contribution in [-0.2, 0) is 16.3 Å². The van der Waals surface area contributed by atoms with Crippen LogP contribution in [0.1, 0.15) is 15.9 Å². The fourth-order valence-electron chi connectivity index (χ4n) is 1.86. The first kappa shape index (κ1) is 21.4. The molecule has 6 N–H and O–H groups in total. The van der Waals surface area contributed by atoms with Gasteiger partial charge < -0.3 is 16.3 Å². The second-order valence-corrected chi connectivity index (χ2v) is 5.78. The standard InChI is InChI=1S/C16H16ClN7O5/c17-12-5-1-10(2-6-12)9-28-23(15(18)19)21-16(20)22-29-14(25)11-3-7-13(8-4-11)24(26)27/h1-8H,9H2,(H3,18,19)(H3,20,21,22). The van der Waals surface area contributed by atoms with Crippen molar-refractivity contribution in [3.63, 3.8) is 0 Å². The maximum absolute atomic E-state index is 11.9. The van der Waals surface area contributed by atoms with Crippen LogP contribution < -0.4 is 16.9 Å². The first-order chi connectivity index (χ1) is 13.8. The van der Waals surface area contributed by atoms with E-state index in [-0.39, 0.29) is 17.9 Å². The predicted molar refractivity (Wildman–Crippen MR) is 103 cm³/mol. The van der Waals surface area contributed by atoms with Crippen molar-refractivity contribution in [2.75, 3.05) is 0 Å². The zero-order valence-corrected chi connectivity index (χ0v) is 15.5. The van der Waals surface area contributed by atoms with E-state index >= 15 is 0 Å². The fourth-order valence-corrected chi connectivity index (χ4v) is 1.99. The van der Waals surface area contributed by atoms with Crippen LogP contribution in [0.5, 0.6) is 0 Å². The van der Waals surface area contributed by atoms with Crippen molar-refractivity contribution in [2.24, 2.45) is 16.6 Å². The van der Waals surface area contributed by atoms with Gasteiger partial charge in [-0.1, -0.05) is 28.9 Å². The van der Waals surface area contributed by atoms with Crippen molar-refractivity contribution in [3.8, 4) is 0 Å². The molecule has 0 amide bonds. The third-order valence-electron chi connectivity index (χ3n) is 3.23. The zero-order valence-electron chi connectivity index (χ0n) is 14.7. The van der Waals surface area contributed by atoms with E-state index in [1.807, 2.05) is 0 Å². The van der Waals surface area contributed by atoms with Gasteiger partial charge in [0.1, 0.15) is 6.61 Å². The number of benzene rings is 2. The number of non-ortho nitro benzene ring substituents is 1. The Balaban J connectivity index is 1.92. The lowest BCUT2D eigenvalue weighted by Gasteiger charge is -2.17. The molecule has 0 aliphatic carbocycles. The number of hydroxylamine groups is 2.